The van der Waals surface area contributed by atoms with E-state index in [2.05, 4.69) is 6.92 Å². The van der Waals surface area contributed by atoms with Crippen LogP contribution in [0.5, 0.6) is 0 Å². The molecule has 1 aromatic carbocycles. The van der Waals surface area contributed by atoms with E-state index in [1.54, 1.807) is 12.1 Å². The van der Waals surface area contributed by atoms with Gasteiger partial charge in [-0.05, 0) is 18.6 Å². The first-order chi connectivity index (χ1) is 13.6. The normalized spacial score (nSPS) is 12.2. The molecule has 0 saturated heterocycles. The first-order valence-corrected chi connectivity index (χ1v) is 11.7. The quantitative estimate of drug-likeness (QED) is 0.160. The molecule has 3 nitrogen and oxygen atoms in total. The van der Waals surface area contributed by atoms with Gasteiger partial charge in [-0.1, -0.05) is 109 Å². The van der Waals surface area contributed by atoms with Gasteiger partial charge in [0.25, 0.3) is 0 Å². The molecule has 0 aliphatic rings. The van der Waals surface area contributed by atoms with E-state index in [0.717, 1.165) is 12.8 Å². The molecule has 0 aliphatic carbocycles. The lowest BCUT2D eigenvalue weighted by molar-refractivity contribution is 0.0864. The summed E-state index contributed by atoms with van der Waals surface area (Å²) in [6.45, 7) is 2.27. The van der Waals surface area contributed by atoms with Crippen LogP contribution in [0.2, 0.25) is 0 Å². The largest absolute Gasteiger partial charge is 0.398 e. The molecule has 0 heterocycles. The van der Waals surface area contributed by atoms with Crippen molar-refractivity contribution in [2.45, 2.75) is 116 Å². The first kappa shape index (κ1) is 24.7. The van der Waals surface area contributed by atoms with Gasteiger partial charge in [0.1, 0.15) is 0 Å². The van der Waals surface area contributed by atoms with Crippen LogP contribution in [-0.2, 0) is 0 Å². The number of para-hydroxylation sites is 1. The van der Waals surface area contributed by atoms with E-state index in [1.165, 1.54) is 77.0 Å². The molecule has 3 heteroatoms. The molecular weight excluding hydrogens is 346 g/mol. The number of benzene rings is 1. The zero-order valence-corrected chi connectivity index (χ0v) is 18.1. The number of hydrogen-bond acceptors (Lipinski definition) is 3. The highest BCUT2D eigenvalue weighted by Crippen LogP contribution is 2.17. The lowest BCUT2D eigenvalue weighted by Crippen LogP contribution is -2.14. The molecule has 0 saturated carbocycles. The molecule has 1 unspecified atom stereocenters. The zero-order chi connectivity index (χ0) is 20.5. The number of carbonyl (C=O) groups is 1. The van der Waals surface area contributed by atoms with E-state index in [0.29, 0.717) is 17.7 Å². The summed E-state index contributed by atoms with van der Waals surface area (Å²) in [5.41, 5.74) is 6.85. The van der Waals surface area contributed by atoms with Gasteiger partial charge in [0.2, 0.25) is 0 Å². The number of ketones is 1. The highest BCUT2D eigenvalue weighted by molar-refractivity contribution is 6.00. The fourth-order valence-electron chi connectivity index (χ4n) is 3.75. The van der Waals surface area contributed by atoms with Crippen molar-refractivity contribution in [2.75, 3.05) is 5.73 Å². The fourth-order valence-corrected chi connectivity index (χ4v) is 3.75. The number of Topliss-reactive ketones (excluding diaryl/α,β-unsaturated/α-hetero) is 1. The van der Waals surface area contributed by atoms with Gasteiger partial charge in [-0.15, -0.1) is 0 Å². The van der Waals surface area contributed by atoms with Crippen LogP contribution < -0.4 is 5.73 Å². The number of aliphatic hydroxyl groups is 1. The topological polar surface area (TPSA) is 63.3 Å². The number of unbranched alkanes of at least 4 members (excludes halogenated alkanes) is 13. The van der Waals surface area contributed by atoms with Gasteiger partial charge >= 0.3 is 0 Å². The van der Waals surface area contributed by atoms with Gasteiger partial charge in [0.05, 0.1) is 6.10 Å². The van der Waals surface area contributed by atoms with Gasteiger partial charge < -0.3 is 10.8 Å². The third-order valence-corrected chi connectivity index (χ3v) is 5.57. The van der Waals surface area contributed by atoms with Crippen molar-refractivity contribution < 1.29 is 9.90 Å². The highest BCUT2D eigenvalue weighted by atomic mass is 16.3. The summed E-state index contributed by atoms with van der Waals surface area (Å²) in [4.78, 5) is 12.2. The minimum Gasteiger partial charge on any atom is -0.398 e. The second-order valence-electron chi connectivity index (χ2n) is 8.25. The van der Waals surface area contributed by atoms with Crippen LogP contribution in [0.25, 0.3) is 0 Å². The molecule has 160 valence electrons. The minimum atomic E-state index is -0.551. The molecule has 1 rings (SSSR count). The number of rotatable bonds is 18. The molecule has 0 bridgehead atoms. The summed E-state index contributed by atoms with van der Waals surface area (Å²) in [6, 6.07) is 7.09. The predicted octanol–water partition coefficient (Wildman–Crippen LogP) is 7.07. The molecule has 28 heavy (non-hydrogen) atoms. The van der Waals surface area contributed by atoms with Crippen molar-refractivity contribution in [1.29, 1.82) is 0 Å². The number of hydrogen-bond donors (Lipinski definition) is 2. The summed E-state index contributed by atoms with van der Waals surface area (Å²) >= 11 is 0. The van der Waals surface area contributed by atoms with Crippen LogP contribution in [0, 0.1) is 0 Å². The molecule has 0 amide bonds. The van der Waals surface area contributed by atoms with Crippen molar-refractivity contribution in [2.24, 2.45) is 0 Å². The molecular formula is C25H43NO2. The Balaban J connectivity index is 1.90. The highest BCUT2D eigenvalue weighted by Gasteiger charge is 2.14. The average Bonchev–Trinajstić information content (AvgIpc) is 2.68. The molecule has 0 aromatic heterocycles. The lowest BCUT2D eigenvalue weighted by atomic mass is 9.99. The smallest absolute Gasteiger partial charge is 0.167 e. The van der Waals surface area contributed by atoms with Crippen molar-refractivity contribution in [3.05, 3.63) is 29.8 Å². The van der Waals surface area contributed by atoms with Crippen LogP contribution in [-0.4, -0.2) is 17.0 Å². The third-order valence-electron chi connectivity index (χ3n) is 5.57. The minimum absolute atomic E-state index is 0.0593. The van der Waals surface area contributed by atoms with Gasteiger partial charge in [0.15, 0.2) is 5.78 Å². The van der Waals surface area contributed by atoms with Crippen LogP contribution in [0.1, 0.15) is 120 Å². The van der Waals surface area contributed by atoms with Gasteiger partial charge in [-0.25, -0.2) is 0 Å². The average molecular weight is 390 g/mol. The molecule has 0 fully saturated rings. The number of aliphatic hydroxyl groups excluding tert-OH is 1. The number of anilines is 1. The number of carbonyl (C=O) groups excluding carboxylic acids is 1. The second-order valence-corrected chi connectivity index (χ2v) is 8.25. The Labute approximate surface area is 173 Å². The maximum absolute atomic E-state index is 12.2. The SMILES string of the molecule is CCCCCCCCCCCCCCCCC(O)CC(=O)c1ccccc1N. The molecule has 0 spiro atoms. The van der Waals surface area contributed by atoms with Gasteiger partial charge in [0, 0.05) is 17.7 Å². The second kappa shape index (κ2) is 16.6. The summed E-state index contributed by atoms with van der Waals surface area (Å²) < 4.78 is 0. The fraction of sp³-hybridized carbons (Fsp3) is 0.720. The number of nitrogens with two attached hydrogens (primary N) is 1. The van der Waals surface area contributed by atoms with Crippen LogP contribution >= 0.6 is 0 Å². The van der Waals surface area contributed by atoms with E-state index in [9.17, 15) is 9.90 Å². The Bertz CT molecular complexity index is 515. The Morgan fingerprint density at radius 2 is 1.29 bits per heavy atom. The Kier molecular flexibility index (Phi) is 14.6. The van der Waals surface area contributed by atoms with E-state index >= 15 is 0 Å². The Hall–Kier alpha value is -1.35. The van der Waals surface area contributed by atoms with Crippen molar-refractivity contribution in [3.8, 4) is 0 Å². The van der Waals surface area contributed by atoms with Crippen molar-refractivity contribution >= 4 is 11.5 Å². The molecule has 1 atom stereocenters. The van der Waals surface area contributed by atoms with Gasteiger partial charge in [-0.2, -0.15) is 0 Å². The number of nitrogen functional groups attached to an aromatic ring is 1. The van der Waals surface area contributed by atoms with E-state index in [-0.39, 0.29) is 12.2 Å². The monoisotopic (exact) mass is 389 g/mol. The zero-order valence-electron chi connectivity index (χ0n) is 18.1. The summed E-state index contributed by atoms with van der Waals surface area (Å²) in [7, 11) is 0. The van der Waals surface area contributed by atoms with Crippen LogP contribution in [0.4, 0.5) is 5.69 Å². The van der Waals surface area contributed by atoms with Gasteiger partial charge in [-0.3, -0.25) is 4.79 Å². The van der Waals surface area contributed by atoms with E-state index in [4.69, 9.17) is 5.73 Å². The molecule has 0 radical (unpaired) electrons. The molecule has 0 aliphatic heterocycles. The predicted molar refractivity (Wildman–Crippen MR) is 121 cm³/mol. The maximum Gasteiger partial charge on any atom is 0.167 e. The lowest BCUT2D eigenvalue weighted by Gasteiger charge is -2.11. The Morgan fingerprint density at radius 1 is 0.821 bits per heavy atom. The Morgan fingerprint density at radius 3 is 1.79 bits per heavy atom. The molecule has 3 N–H and O–H groups in total. The van der Waals surface area contributed by atoms with E-state index < -0.39 is 6.10 Å². The van der Waals surface area contributed by atoms with Crippen LogP contribution in [0.3, 0.4) is 0 Å². The first-order valence-electron chi connectivity index (χ1n) is 11.7. The third kappa shape index (κ3) is 12.2. The maximum atomic E-state index is 12.2. The summed E-state index contributed by atoms with van der Waals surface area (Å²) in [5, 5.41) is 10.1. The molecule has 1 aromatic rings. The summed E-state index contributed by atoms with van der Waals surface area (Å²) in [6.07, 6.45) is 18.9. The standard InChI is InChI=1S/C25H43NO2/c1-2-3-4-5-6-7-8-9-10-11-12-13-14-15-18-22(27)21-25(28)23-19-16-17-20-24(23)26/h16-17,19-20,22,27H,2-15,18,21,26H2,1H3. The summed E-state index contributed by atoms with van der Waals surface area (Å²) in [5.74, 6) is -0.0593. The van der Waals surface area contributed by atoms with E-state index in [1.807, 2.05) is 12.1 Å². The van der Waals surface area contributed by atoms with Crippen LogP contribution in [0.15, 0.2) is 24.3 Å². The van der Waals surface area contributed by atoms with Crippen molar-refractivity contribution in [3.63, 3.8) is 0 Å². The van der Waals surface area contributed by atoms with Crippen molar-refractivity contribution in [1.82, 2.24) is 0 Å².